The van der Waals surface area contributed by atoms with Gasteiger partial charge in [0.2, 0.25) is 15.9 Å². The van der Waals surface area contributed by atoms with Gasteiger partial charge in [-0.25, -0.2) is 13.6 Å². The van der Waals surface area contributed by atoms with E-state index in [4.69, 9.17) is 16.7 Å². The molecule has 0 aliphatic carbocycles. The number of carbonyl (C=O) groups excluding carboxylic acids is 2. The molecule has 0 radical (unpaired) electrons. The van der Waals surface area contributed by atoms with Gasteiger partial charge in [-0.15, -0.1) is 0 Å². The first-order valence-electron chi connectivity index (χ1n) is 7.62. The molecule has 2 rings (SSSR count). The van der Waals surface area contributed by atoms with E-state index >= 15 is 0 Å². The second kappa shape index (κ2) is 8.31. The van der Waals surface area contributed by atoms with Crippen molar-refractivity contribution in [1.82, 2.24) is 10.6 Å². The molecule has 7 nitrogen and oxygen atoms in total. The normalized spacial score (nSPS) is 12.3. The fourth-order valence-corrected chi connectivity index (χ4v) is 2.99. The molecule has 0 aliphatic heterocycles. The Morgan fingerprint density at radius 1 is 1.15 bits per heavy atom. The van der Waals surface area contributed by atoms with E-state index in [0.717, 1.165) is 0 Å². The molecular formula is C17H18ClN3O4S. The first kappa shape index (κ1) is 19.9. The van der Waals surface area contributed by atoms with Gasteiger partial charge in [-0.1, -0.05) is 29.8 Å². The minimum atomic E-state index is -3.82. The third kappa shape index (κ3) is 5.55. The van der Waals surface area contributed by atoms with Gasteiger partial charge in [-0.2, -0.15) is 0 Å². The number of rotatable bonds is 6. The number of nitrogens with one attached hydrogen (secondary N) is 2. The van der Waals surface area contributed by atoms with E-state index in [-0.39, 0.29) is 11.4 Å². The molecule has 26 heavy (non-hydrogen) atoms. The van der Waals surface area contributed by atoms with Gasteiger partial charge in [-0.05, 0) is 42.8 Å². The highest BCUT2D eigenvalue weighted by Gasteiger charge is 2.14. The summed E-state index contributed by atoms with van der Waals surface area (Å²) in [5, 5.41) is 10.7. The summed E-state index contributed by atoms with van der Waals surface area (Å²) < 4.78 is 22.8. The number of hydrogen-bond donors (Lipinski definition) is 3. The number of amides is 2. The van der Waals surface area contributed by atoms with Gasteiger partial charge in [0.15, 0.2) is 0 Å². The maximum absolute atomic E-state index is 12.0. The van der Waals surface area contributed by atoms with Crippen molar-refractivity contribution in [3.8, 4) is 0 Å². The lowest BCUT2D eigenvalue weighted by Gasteiger charge is -2.15. The lowest BCUT2D eigenvalue weighted by atomic mass is 10.1. The Bertz CT molecular complexity index is 931. The van der Waals surface area contributed by atoms with Crippen LogP contribution in [0.1, 0.15) is 28.9 Å². The summed E-state index contributed by atoms with van der Waals surface area (Å²) in [5.74, 6) is -0.847. The molecule has 0 aromatic heterocycles. The lowest BCUT2D eigenvalue weighted by Crippen LogP contribution is -2.38. The van der Waals surface area contributed by atoms with Crippen LogP contribution in [0, 0.1) is 0 Å². The first-order valence-corrected chi connectivity index (χ1v) is 9.55. The molecule has 138 valence electrons. The number of halogens is 1. The van der Waals surface area contributed by atoms with Crippen molar-refractivity contribution in [2.75, 3.05) is 6.54 Å². The van der Waals surface area contributed by atoms with Crippen molar-refractivity contribution in [3.05, 3.63) is 64.7 Å². The molecule has 2 aromatic rings. The highest BCUT2D eigenvalue weighted by molar-refractivity contribution is 7.89. The minimum Gasteiger partial charge on any atom is -0.348 e. The summed E-state index contributed by atoms with van der Waals surface area (Å²) in [6.07, 6.45) is 0. The van der Waals surface area contributed by atoms with Crippen LogP contribution in [-0.2, 0) is 14.8 Å². The third-order valence-corrected chi connectivity index (χ3v) is 4.71. The smallest absolute Gasteiger partial charge is 0.251 e. The van der Waals surface area contributed by atoms with Crippen molar-refractivity contribution in [2.45, 2.75) is 17.9 Å². The summed E-state index contributed by atoms with van der Waals surface area (Å²) in [7, 11) is -3.82. The van der Waals surface area contributed by atoms with Gasteiger partial charge >= 0.3 is 0 Å². The zero-order valence-corrected chi connectivity index (χ0v) is 15.5. The fourth-order valence-electron chi connectivity index (χ4n) is 2.23. The molecule has 2 aromatic carbocycles. The van der Waals surface area contributed by atoms with Gasteiger partial charge < -0.3 is 10.6 Å². The van der Waals surface area contributed by atoms with Crippen LogP contribution in [-0.4, -0.2) is 26.8 Å². The fraction of sp³-hybridized carbons (Fsp3) is 0.176. The molecule has 0 bridgehead atoms. The molecule has 0 fully saturated rings. The van der Waals surface area contributed by atoms with Crippen molar-refractivity contribution < 1.29 is 18.0 Å². The highest BCUT2D eigenvalue weighted by atomic mass is 35.5. The minimum absolute atomic E-state index is 0.0367. The molecule has 0 spiro atoms. The molecule has 0 heterocycles. The topological polar surface area (TPSA) is 118 Å². The van der Waals surface area contributed by atoms with Gasteiger partial charge in [0, 0.05) is 10.6 Å². The second-order valence-electron chi connectivity index (χ2n) is 5.60. The van der Waals surface area contributed by atoms with Crippen LogP contribution in [0.4, 0.5) is 0 Å². The SMILES string of the molecule is CC(NC(=O)CNC(=O)c1cccc(Cl)c1)c1cccc(S(N)(=O)=O)c1. The maximum atomic E-state index is 12.0. The van der Waals surface area contributed by atoms with Crippen molar-refractivity contribution in [3.63, 3.8) is 0 Å². The third-order valence-electron chi connectivity index (χ3n) is 3.56. The van der Waals surface area contributed by atoms with Gasteiger partial charge in [0.1, 0.15) is 0 Å². The zero-order valence-electron chi connectivity index (χ0n) is 13.9. The van der Waals surface area contributed by atoms with Crippen LogP contribution in [0.3, 0.4) is 0 Å². The molecule has 1 unspecified atom stereocenters. The largest absolute Gasteiger partial charge is 0.348 e. The van der Waals surface area contributed by atoms with Gasteiger partial charge in [-0.3, -0.25) is 9.59 Å². The van der Waals surface area contributed by atoms with Crippen LogP contribution in [0.2, 0.25) is 5.02 Å². The average Bonchev–Trinajstić information content (AvgIpc) is 2.59. The molecule has 9 heteroatoms. The van der Waals surface area contributed by atoms with Crippen LogP contribution in [0.25, 0.3) is 0 Å². The maximum Gasteiger partial charge on any atom is 0.251 e. The number of sulfonamides is 1. The summed E-state index contributed by atoms with van der Waals surface area (Å²) >= 11 is 5.82. The summed E-state index contributed by atoms with van der Waals surface area (Å²) in [4.78, 5) is 24.0. The summed E-state index contributed by atoms with van der Waals surface area (Å²) in [5.41, 5.74) is 0.922. The average molecular weight is 396 g/mol. The Hall–Kier alpha value is -2.42. The molecule has 0 saturated carbocycles. The molecule has 0 aliphatic rings. The molecular weight excluding hydrogens is 378 g/mol. The van der Waals surface area contributed by atoms with E-state index in [1.54, 1.807) is 37.3 Å². The van der Waals surface area contributed by atoms with Crippen molar-refractivity contribution >= 4 is 33.4 Å². The van der Waals surface area contributed by atoms with E-state index in [0.29, 0.717) is 16.1 Å². The van der Waals surface area contributed by atoms with Crippen molar-refractivity contribution in [1.29, 1.82) is 0 Å². The predicted molar refractivity (Wildman–Crippen MR) is 98.2 cm³/mol. The Balaban J connectivity index is 1.94. The van der Waals surface area contributed by atoms with Gasteiger partial charge in [0.05, 0.1) is 17.5 Å². The summed E-state index contributed by atoms with van der Waals surface area (Å²) in [6, 6.07) is 11.9. The number of primary sulfonamides is 1. The van der Waals surface area contributed by atoms with Crippen LogP contribution < -0.4 is 15.8 Å². The number of nitrogens with two attached hydrogens (primary N) is 1. The number of hydrogen-bond acceptors (Lipinski definition) is 4. The Morgan fingerprint density at radius 3 is 2.50 bits per heavy atom. The second-order valence-corrected chi connectivity index (χ2v) is 7.60. The molecule has 4 N–H and O–H groups in total. The Labute approximate surface area is 156 Å². The lowest BCUT2D eigenvalue weighted by molar-refractivity contribution is -0.120. The number of benzene rings is 2. The molecule has 2 amide bonds. The highest BCUT2D eigenvalue weighted by Crippen LogP contribution is 2.16. The van der Waals surface area contributed by atoms with Crippen LogP contribution in [0.15, 0.2) is 53.4 Å². The Kier molecular flexibility index (Phi) is 6.36. The quantitative estimate of drug-likeness (QED) is 0.688. The standard InChI is InChI=1S/C17H18ClN3O4S/c1-11(12-4-3-7-15(9-12)26(19,24)25)21-16(22)10-20-17(23)13-5-2-6-14(18)8-13/h2-9,11H,10H2,1H3,(H,20,23)(H,21,22)(H2,19,24,25). The predicted octanol–water partition coefficient (Wildman–Crippen LogP) is 1.59. The van der Waals surface area contributed by atoms with E-state index < -0.39 is 27.9 Å². The molecule has 1 atom stereocenters. The van der Waals surface area contributed by atoms with Crippen molar-refractivity contribution in [2.24, 2.45) is 5.14 Å². The zero-order chi connectivity index (χ0) is 19.3. The van der Waals surface area contributed by atoms with Crippen LogP contribution >= 0.6 is 11.6 Å². The summed E-state index contributed by atoms with van der Waals surface area (Å²) in [6.45, 7) is 1.46. The van der Waals surface area contributed by atoms with E-state index in [9.17, 15) is 18.0 Å². The molecule has 0 saturated heterocycles. The van der Waals surface area contributed by atoms with E-state index in [1.165, 1.54) is 18.2 Å². The van der Waals surface area contributed by atoms with E-state index in [1.807, 2.05) is 0 Å². The first-order chi connectivity index (χ1) is 12.2. The monoisotopic (exact) mass is 395 g/mol. The number of carbonyl (C=O) groups is 2. The van der Waals surface area contributed by atoms with Crippen LogP contribution in [0.5, 0.6) is 0 Å². The Morgan fingerprint density at radius 2 is 1.85 bits per heavy atom. The van der Waals surface area contributed by atoms with Gasteiger partial charge in [0.25, 0.3) is 5.91 Å². The van der Waals surface area contributed by atoms with E-state index in [2.05, 4.69) is 10.6 Å².